The molecule has 3 heterocycles. The molecule has 4 aliphatic rings. The van der Waals surface area contributed by atoms with Crippen LogP contribution in [0.25, 0.3) is 27.5 Å². The summed E-state index contributed by atoms with van der Waals surface area (Å²) < 4.78 is 6.76. The monoisotopic (exact) mass is 648 g/mol. The van der Waals surface area contributed by atoms with Crippen molar-refractivity contribution in [2.75, 3.05) is 4.90 Å². The Morgan fingerprint density at radius 2 is 1.68 bits per heavy atom. The van der Waals surface area contributed by atoms with E-state index in [0.717, 1.165) is 92.1 Å². The Kier molecular flexibility index (Phi) is 7.58. The molecule has 2 unspecified atom stereocenters. The van der Waals surface area contributed by atoms with E-state index in [2.05, 4.69) is 126 Å². The number of allylic oxidation sites excluding steroid dienone is 10. The number of rotatable bonds is 5. The fourth-order valence-corrected chi connectivity index (χ4v) is 7.42. The zero-order chi connectivity index (χ0) is 33.4. The summed E-state index contributed by atoms with van der Waals surface area (Å²) in [6, 6.07) is 31.3. The molecule has 0 amide bonds. The van der Waals surface area contributed by atoms with Gasteiger partial charge in [0.1, 0.15) is 17.6 Å². The molecule has 4 aromatic carbocycles. The summed E-state index contributed by atoms with van der Waals surface area (Å²) in [7, 11) is 0. The van der Waals surface area contributed by atoms with Crippen molar-refractivity contribution >= 4 is 50.6 Å². The second-order valence-electron chi connectivity index (χ2n) is 13.0. The molecule has 5 nitrogen and oxygen atoms in total. The van der Waals surface area contributed by atoms with Crippen LogP contribution in [-0.4, -0.2) is 11.7 Å². The third-order valence-electron chi connectivity index (χ3n) is 9.88. The third kappa shape index (κ3) is 5.37. The molecular weight excluding hydrogens is 613 g/mol. The van der Waals surface area contributed by atoms with E-state index >= 15 is 0 Å². The Hall–Kier alpha value is -6.20. The van der Waals surface area contributed by atoms with Gasteiger partial charge in [-0.25, -0.2) is 9.98 Å². The number of aliphatic imine (C=N–C) groups is 2. The number of fused-ring (bicyclic) bond motifs is 4. The van der Waals surface area contributed by atoms with Crippen LogP contribution in [0, 0.1) is 5.92 Å². The number of anilines is 2. The average Bonchev–Trinajstić information content (AvgIpc) is 3.57. The lowest BCUT2D eigenvalue weighted by molar-refractivity contribution is 0.662. The first kappa shape index (κ1) is 29.9. The molecule has 0 saturated heterocycles. The van der Waals surface area contributed by atoms with Gasteiger partial charge >= 0.3 is 0 Å². The van der Waals surface area contributed by atoms with Crippen molar-refractivity contribution in [2.45, 2.75) is 25.4 Å². The van der Waals surface area contributed by atoms with E-state index in [-0.39, 0.29) is 6.17 Å². The maximum absolute atomic E-state index is 6.76. The maximum Gasteiger partial charge on any atom is 0.159 e. The molecule has 5 heteroatoms. The molecule has 0 saturated carbocycles. The molecule has 1 N–H and O–H groups in total. The van der Waals surface area contributed by atoms with Gasteiger partial charge < -0.3 is 14.6 Å². The Morgan fingerprint density at radius 3 is 2.58 bits per heavy atom. The van der Waals surface area contributed by atoms with Crippen LogP contribution in [0.1, 0.15) is 42.1 Å². The number of hydrogen-bond donors (Lipinski definition) is 1. The predicted molar refractivity (Wildman–Crippen MR) is 208 cm³/mol. The van der Waals surface area contributed by atoms with Crippen molar-refractivity contribution in [1.29, 1.82) is 0 Å². The number of amidine groups is 2. The number of hydrogen-bond acceptors (Lipinski definition) is 5. The largest absolute Gasteiger partial charge is 0.454 e. The van der Waals surface area contributed by atoms with Crippen LogP contribution < -0.4 is 10.2 Å². The lowest BCUT2D eigenvalue weighted by Crippen LogP contribution is -2.34. The number of benzene rings is 4. The van der Waals surface area contributed by atoms with Gasteiger partial charge in [-0.05, 0) is 49.1 Å². The van der Waals surface area contributed by atoms with Crippen molar-refractivity contribution in [3.05, 3.63) is 186 Å². The fourth-order valence-electron chi connectivity index (χ4n) is 7.42. The minimum absolute atomic E-state index is 0.348. The second kappa shape index (κ2) is 12.7. The Bertz CT molecular complexity index is 2410. The summed E-state index contributed by atoms with van der Waals surface area (Å²) >= 11 is 0. The summed E-state index contributed by atoms with van der Waals surface area (Å²) in [6.07, 6.45) is 24.5. The summed E-state index contributed by atoms with van der Waals surface area (Å²) in [6.45, 7) is 4.33. The van der Waals surface area contributed by atoms with Crippen LogP contribution in [0.3, 0.4) is 0 Å². The molecule has 0 spiro atoms. The van der Waals surface area contributed by atoms with E-state index < -0.39 is 0 Å². The van der Waals surface area contributed by atoms with E-state index in [1.165, 1.54) is 5.57 Å². The molecule has 0 bridgehead atoms. The van der Waals surface area contributed by atoms with Crippen molar-refractivity contribution < 1.29 is 4.42 Å². The van der Waals surface area contributed by atoms with Crippen molar-refractivity contribution in [1.82, 2.24) is 5.32 Å². The van der Waals surface area contributed by atoms with Gasteiger partial charge in [0.25, 0.3) is 0 Å². The SMILES string of the molecule is C=C1/C=C\C=C/N(c2cccc3c2oc2cccc(C4N=C(C5=CC(C6=CC=CCC6)CC=C5)N=C(c5ccccc5)N4)c23)c2ccccc21. The number of nitrogens with one attached hydrogen (secondary N) is 1. The summed E-state index contributed by atoms with van der Waals surface area (Å²) in [5.74, 6) is 1.89. The van der Waals surface area contributed by atoms with E-state index in [9.17, 15) is 0 Å². The highest BCUT2D eigenvalue weighted by Crippen LogP contribution is 2.43. The first-order valence-electron chi connectivity index (χ1n) is 17.3. The smallest absolute Gasteiger partial charge is 0.159 e. The molecule has 0 radical (unpaired) electrons. The second-order valence-corrected chi connectivity index (χ2v) is 13.0. The zero-order valence-corrected chi connectivity index (χ0v) is 27.7. The molecule has 2 aliphatic heterocycles. The van der Waals surface area contributed by atoms with Gasteiger partial charge in [-0.1, -0.05) is 134 Å². The van der Waals surface area contributed by atoms with Gasteiger partial charge in [-0.3, -0.25) is 0 Å². The standard InChI is InChI=1S/C45H36N4O/c1-30-15-10-11-28-49(38-25-9-8-22-35(30)38)39-26-13-23-36-41-37(24-14-27-40(41)50-42(36)39)45-47-43(32-18-6-3-7-19-32)46-44(48-45)34-21-12-20-33(29-34)31-16-4-2-5-17-31/h2-4,6-16,18-19,21-29,33,45H,1,5,17,20H2,(H,46,47,48)/b15-10-,28-11-. The quantitative estimate of drug-likeness (QED) is 0.206. The van der Waals surface area contributed by atoms with E-state index in [4.69, 9.17) is 14.4 Å². The molecule has 50 heavy (non-hydrogen) atoms. The zero-order valence-electron chi connectivity index (χ0n) is 27.7. The molecule has 0 fully saturated rings. The minimum atomic E-state index is -0.381. The van der Waals surface area contributed by atoms with Gasteiger partial charge in [0.15, 0.2) is 11.4 Å². The van der Waals surface area contributed by atoms with E-state index in [0.29, 0.717) is 5.92 Å². The molecule has 5 aromatic rings. The van der Waals surface area contributed by atoms with Gasteiger partial charge in [-0.2, -0.15) is 0 Å². The van der Waals surface area contributed by atoms with Crippen LogP contribution in [0.2, 0.25) is 0 Å². The maximum atomic E-state index is 6.76. The lowest BCUT2D eigenvalue weighted by Gasteiger charge is -2.26. The summed E-state index contributed by atoms with van der Waals surface area (Å²) in [5, 5.41) is 5.77. The van der Waals surface area contributed by atoms with Crippen molar-refractivity contribution in [3.63, 3.8) is 0 Å². The van der Waals surface area contributed by atoms with Crippen LogP contribution in [-0.2, 0) is 0 Å². The fraction of sp³-hybridized carbons (Fsp3) is 0.111. The summed E-state index contributed by atoms with van der Waals surface area (Å²) in [5.41, 5.74) is 10.3. The minimum Gasteiger partial charge on any atom is -0.454 e. The normalized spacial score (nSPS) is 21.4. The lowest BCUT2D eigenvalue weighted by atomic mass is 9.85. The van der Waals surface area contributed by atoms with Gasteiger partial charge in [0.05, 0.1) is 11.4 Å². The highest BCUT2D eigenvalue weighted by molar-refractivity contribution is 6.15. The van der Waals surface area contributed by atoms with Crippen LogP contribution in [0.15, 0.2) is 184 Å². The van der Waals surface area contributed by atoms with Gasteiger partial charge in [-0.15, -0.1) is 0 Å². The highest BCUT2D eigenvalue weighted by atomic mass is 16.3. The van der Waals surface area contributed by atoms with E-state index in [1.54, 1.807) is 0 Å². The average molecular weight is 649 g/mol. The third-order valence-corrected chi connectivity index (χ3v) is 9.88. The van der Waals surface area contributed by atoms with Crippen LogP contribution in [0.5, 0.6) is 0 Å². The topological polar surface area (TPSA) is 53.1 Å². The first-order valence-corrected chi connectivity index (χ1v) is 17.3. The van der Waals surface area contributed by atoms with Crippen molar-refractivity contribution in [3.8, 4) is 0 Å². The number of para-hydroxylation sites is 2. The molecule has 2 aliphatic carbocycles. The van der Waals surface area contributed by atoms with E-state index in [1.807, 2.05) is 42.5 Å². The molecule has 9 rings (SSSR count). The van der Waals surface area contributed by atoms with Crippen molar-refractivity contribution in [2.24, 2.45) is 15.9 Å². The predicted octanol–water partition coefficient (Wildman–Crippen LogP) is 11.0. The Morgan fingerprint density at radius 1 is 0.820 bits per heavy atom. The van der Waals surface area contributed by atoms with Crippen LogP contribution >= 0.6 is 0 Å². The number of nitrogens with zero attached hydrogens (tertiary/aromatic N) is 3. The first-order chi connectivity index (χ1) is 24.7. The molecular formula is C45H36N4O. The summed E-state index contributed by atoms with van der Waals surface area (Å²) in [4.78, 5) is 12.7. The van der Waals surface area contributed by atoms with Gasteiger partial charge in [0.2, 0.25) is 0 Å². The number of furan rings is 1. The molecule has 242 valence electrons. The van der Waals surface area contributed by atoms with Crippen LogP contribution in [0.4, 0.5) is 11.4 Å². The highest BCUT2D eigenvalue weighted by Gasteiger charge is 2.27. The Labute approximate surface area is 292 Å². The molecule has 2 atom stereocenters. The van der Waals surface area contributed by atoms with Gasteiger partial charge in [0, 0.05) is 45.2 Å². The Balaban J connectivity index is 1.18. The molecule has 1 aromatic heterocycles.